The van der Waals surface area contributed by atoms with Crippen LogP contribution < -0.4 is 4.74 Å². The molecule has 8 nitrogen and oxygen atoms in total. The first kappa shape index (κ1) is 15.0. The number of rotatable bonds is 4. The number of benzene rings is 1. The lowest BCUT2D eigenvalue weighted by Gasteiger charge is -2.05. The topological polar surface area (TPSA) is 104 Å². The van der Waals surface area contributed by atoms with Gasteiger partial charge >= 0.3 is 5.69 Å². The van der Waals surface area contributed by atoms with E-state index in [1.54, 1.807) is 0 Å². The number of hydrogen-bond donors (Lipinski definition) is 0. The van der Waals surface area contributed by atoms with Crippen LogP contribution in [0.1, 0.15) is 5.69 Å². The smallest absolute Gasteiger partial charge is 0.353 e. The highest BCUT2D eigenvalue weighted by molar-refractivity contribution is 7.90. The molecule has 0 unspecified atom stereocenters. The third kappa shape index (κ3) is 3.02. The second-order valence-electron chi connectivity index (χ2n) is 4.47. The van der Waals surface area contributed by atoms with E-state index in [4.69, 9.17) is 4.74 Å². The molecule has 9 heteroatoms. The van der Waals surface area contributed by atoms with E-state index in [0.29, 0.717) is 0 Å². The van der Waals surface area contributed by atoms with Gasteiger partial charge in [0.2, 0.25) is 0 Å². The summed E-state index contributed by atoms with van der Waals surface area (Å²) >= 11 is 0. The molecule has 0 aliphatic rings. The summed E-state index contributed by atoms with van der Waals surface area (Å²) in [5.74, 6) is 0.276. The Bertz CT molecular complexity index is 793. The summed E-state index contributed by atoms with van der Waals surface area (Å²) in [6, 6.07) is 5.62. The Morgan fingerprint density at radius 3 is 2.33 bits per heavy atom. The van der Waals surface area contributed by atoms with Crippen molar-refractivity contribution in [2.24, 2.45) is 7.05 Å². The zero-order valence-corrected chi connectivity index (χ0v) is 12.4. The molecule has 1 aromatic heterocycles. The average molecular weight is 311 g/mol. The van der Waals surface area contributed by atoms with Crippen molar-refractivity contribution in [3.63, 3.8) is 0 Å². The predicted molar refractivity (Wildman–Crippen MR) is 74.2 cm³/mol. The van der Waals surface area contributed by atoms with Crippen LogP contribution in [0.15, 0.2) is 29.2 Å². The summed E-state index contributed by atoms with van der Waals surface area (Å²) in [5, 5.41) is 15.0. The first-order chi connectivity index (χ1) is 9.70. The summed E-state index contributed by atoms with van der Waals surface area (Å²) in [7, 11) is -1.77. The van der Waals surface area contributed by atoms with Gasteiger partial charge in [0.25, 0.3) is 5.88 Å². The zero-order valence-electron chi connectivity index (χ0n) is 11.6. The standard InChI is InChI=1S/C12H13N3O5S/c1-8-11(15(16)17)12(14(2)13-8)20-9-4-6-10(7-5-9)21(3,18)19/h4-7H,1-3H3. The molecule has 0 N–H and O–H groups in total. The molecular formula is C12H13N3O5S. The van der Waals surface area contributed by atoms with Crippen molar-refractivity contribution < 1.29 is 18.1 Å². The quantitative estimate of drug-likeness (QED) is 0.630. The molecule has 0 spiro atoms. The van der Waals surface area contributed by atoms with Gasteiger partial charge in [-0.25, -0.2) is 13.1 Å². The van der Waals surface area contributed by atoms with Gasteiger partial charge in [-0.3, -0.25) is 10.1 Å². The third-order valence-electron chi connectivity index (χ3n) is 2.79. The lowest BCUT2D eigenvalue weighted by atomic mass is 10.3. The van der Waals surface area contributed by atoms with Crippen LogP contribution in [0.25, 0.3) is 0 Å². The molecule has 2 rings (SSSR count). The Labute approximate surface area is 121 Å². The second kappa shape index (κ2) is 5.17. The van der Waals surface area contributed by atoms with E-state index in [9.17, 15) is 18.5 Å². The van der Waals surface area contributed by atoms with Crippen molar-refractivity contribution in [1.29, 1.82) is 0 Å². The molecule has 0 atom stereocenters. The summed E-state index contributed by atoms with van der Waals surface area (Å²) in [5.41, 5.74) is 0.0231. The molecule has 0 saturated carbocycles. The maximum atomic E-state index is 11.4. The molecule has 0 aliphatic carbocycles. The van der Waals surface area contributed by atoms with Crippen LogP contribution in [-0.4, -0.2) is 29.4 Å². The number of hydrogen-bond acceptors (Lipinski definition) is 6. The largest absolute Gasteiger partial charge is 0.434 e. The fourth-order valence-electron chi connectivity index (χ4n) is 1.82. The van der Waals surface area contributed by atoms with Crippen molar-refractivity contribution >= 4 is 15.5 Å². The highest BCUT2D eigenvalue weighted by Crippen LogP contribution is 2.33. The molecule has 1 heterocycles. The first-order valence-corrected chi connectivity index (χ1v) is 7.75. The highest BCUT2D eigenvalue weighted by Gasteiger charge is 2.26. The van der Waals surface area contributed by atoms with Gasteiger partial charge in [0.1, 0.15) is 11.4 Å². The van der Waals surface area contributed by atoms with E-state index >= 15 is 0 Å². The number of aromatic nitrogens is 2. The van der Waals surface area contributed by atoms with Crippen molar-refractivity contribution in [3.05, 3.63) is 40.1 Å². The molecule has 0 fully saturated rings. The molecule has 0 aliphatic heterocycles. The number of aryl methyl sites for hydroxylation is 2. The van der Waals surface area contributed by atoms with Crippen LogP contribution in [0, 0.1) is 17.0 Å². The predicted octanol–water partition coefficient (Wildman–Crippen LogP) is 1.83. The number of ether oxygens (including phenoxy) is 1. The Morgan fingerprint density at radius 1 is 1.29 bits per heavy atom. The minimum absolute atomic E-state index is 0.00962. The maximum absolute atomic E-state index is 11.4. The van der Waals surface area contributed by atoms with Gasteiger partial charge < -0.3 is 4.74 Å². The van der Waals surface area contributed by atoms with Crippen molar-refractivity contribution in [2.45, 2.75) is 11.8 Å². The van der Waals surface area contributed by atoms with Crippen LogP contribution in [-0.2, 0) is 16.9 Å². The van der Waals surface area contributed by atoms with E-state index < -0.39 is 14.8 Å². The fourth-order valence-corrected chi connectivity index (χ4v) is 2.45. The molecule has 21 heavy (non-hydrogen) atoms. The summed E-state index contributed by atoms with van der Waals surface area (Å²) in [4.78, 5) is 10.6. The molecule has 0 saturated heterocycles. The van der Waals surface area contributed by atoms with Crippen LogP contribution >= 0.6 is 0 Å². The summed E-state index contributed by atoms with van der Waals surface area (Å²) < 4.78 is 29.4. The van der Waals surface area contributed by atoms with Crippen molar-refractivity contribution in [3.8, 4) is 11.6 Å². The minimum Gasteiger partial charge on any atom is -0.434 e. The molecule has 1 aromatic carbocycles. The Hall–Kier alpha value is -2.42. The molecular weight excluding hydrogens is 298 g/mol. The van der Waals surface area contributed by atoms with Gasteiger partial charge in [-0.15, -0.1) is 0 Å². The minimum atomic E-state index is -3.30. The van der Waals surface area contributed by atoms with Crippen molar-refractivity contribution in [2.75, 3.05) is 6.26 Å². The summed E-state index contributed by atoms with van der Waals surface area (Å²) in [6.07, 6.45) is 1.10. The monoisotopic (exact) mass is 311 g/mol. The van der Waals surface area contributed by atoms with Gasteiger partial charge in [0.05, 0.1) is 9.82 Å². The van der Waals surface area contributed by atoms with Crippen molar-refractivity contribution in [1.82, 2.24) is 9.78 Å². The van der Waals surface area contributed by atoms with Crippen LogP contribution in [0.2, 0.25) is 0 Å². The van der Waals surface area contributed by atoms with E-state index in [2.05, 4.69) is 5.10 Å². The zero-order chi connectivity index (χ0) is 15.8. The second-order valence-corrected chi connectivity index (χ2v) is 6.48. The molecule has 112 valence electrons. The van der Waals surface area contributed by atoms with E-state index in [-0.39, 0.29) is 27.9 Å². The van der Waals surface area contributed by atoms with Crippen LogP contribution in [0.4, 0.5) is 5.69 Å². The Balaban J connectivity index is 2.37. The van der Waals surface area contributed by atoms with Gasteiger partial charge in [0, 0.05) is 13.3 Å². The first-order valence-electron chi connectivity index (χ1n) is 5.86. The average Bonchev–Trinajstić information content (AvgIpc) is 2.63. The van der Waals surface area contributed by atoms with Gasteiger partial charge in [-0.2, -0.15) is 5.10 Å². The fraction of sp³-hybridized carbons (Fsp3) is 0.250. The maximum Gasteiger partial charge on any atom is 0.353 e. The Morgan fingerprint density at radius 2 is 1.86 bits per heavy atom. The van der Waals surface area contributed by atoms with Crippen LogP contribution in [0.5, 0.6) is 11.6 Å². The lowest BCUT2D eigenvalue weighted by molar-refractivity contribution is -0.386. The number of nitrogens with zero attached hydrogens (tertiary/aromatic N) is 3. The molecule has 0 bridgehead atoms. The number of sulfone groups is 1. The normalized spacial score (nSPS) is 11.4. The van der Waals surface area contributed by atoms with E-state index in [1.807, 2.05) is 0 Å². The summed E-state index contributed by atoms with van der Waals surface area (Å²) in [6.45, 7) is 1.51. The van der Waals surface area contributed by atoms with Gasteiger partial charge in [0.15, 0.2) is 9.84 Å². The number of nitro groups is 1. The van der Waals surface area contributed by atoms with Crippen LogP contribution in [0.3, 0.4) is 0 Å². The molecule has 0 radical (unpaired) electrons. The van der Waals surface area contributed by atoms with Gasteiger partial charge in [-0.1, -0.05) is 0 Å². The lowest BCUT2D eigenvalue weighted by Crippen LogP contribution is -1.99. The highest BCUT2D eigenvalue weighted by atomic mass is 32.2. The Kier molecular flexibility index (Phi) is 3.69. The molecule has 0 amide bonds. The van der Waals surface area contributed by atoms with E-state index in [0.717, 1.165) is 6.26 Å². The third-order valence-corrected chi connectivity index (χ3v) is 3.92. The molecule has 2 aromatic rings. The van der Waals surface area contributed by atoms with Gasteiger partial charge in [-0.05, 0) is 31.2 Å². The SMILES string of the molecule is Cc1nn(C)c(Oc2ccc(S(C)(=O)=O)cc2)c1[N+](=O)[O-]. The van der Waals surface area contributed by atoms with E-state index in [1.165, 1.54) is 42.9 Å².